The van der Waals surface area contributed by atoms with Crippen LogP contribution in [0, 0.1) is 5.82 Å². The van der Waals surface area contributed by atoms with Gasteiger partial charge in [0.05, 0.1) is 12.2 Å². The fourth-order valence-corrected chi connectivity index (χ4v) is 2.19. The minimum absolute atomic E-state index is 0.173. The van der Waals surface area contributed by atoms with E-state index in [1.807, 2.05) is 13.0 Å². The first-order chi connectivity index (χ1) is 11.2. The van der Waals surface area contributed by atoms with Gasteiger partial charge in [0.25, 0.3) is 5.91 Å². The lowest BCUT2D eigenvalue weighted by Gasteiger charge is -2.05. The number of aryl methyl sites for hydroxylation is 1. The molecular weight excluding hydrogens is 299 g/mol. The summed E-state index contributed by atoms with van der Waals surface area (Å²) in [5.41, 5.74) is 1.73. The highest BCUT2D eigenvalue weighted by Gasteiger charge is 2.14. The summed E-state index contributed by atoms with van der Waals surface area (Å²) >= 11 is 0. The van der Waals surface area contributed by atoms with E-state index in [1.165, 1.54) is 18.2 Å². The van der Waals surface area contributed by atoms with E-state index in [2.05, 4.69) is 15.6 Å². The van der Waals surface area contributed by atoms with Crippen molar-refractivity contribution in [2.45, 2.75) is 20.0 Å². The van der Waals surface area contributed by atoms with Crippen molar-refractivity contribution in [3.05, 3.63) is 59.8 Å². The van der Waals surface area contributed by atoms with Gasteiger partial charge in [-0.25, -0.2) is 4.39 Å². The Kier molecular flexibility index (Phi) is 4.18. The van der Waals surface area contributed by atoms with Crippen molar-refractivity contribution in [2.75, 3.05) is 0 Å². The van der Waals surface area contributed by atoms with Crippen LogP contribution < -0.4 is 5.32 Å². The van der Waals surface area contributed by atoms with Crippen LogP contribution in [-0.4, -0.2) is 20.8 Å². The summed E-state index contributed by atoms with van der Waals surface area (Å²) in [5.74, 6) is -0.265. The Bertz CT molecular complexity index is 808. The summed E-state index contributed by atoms with van der Waals surface area (Å²) in [4.78, 5) is 12.1. The molecule has 2 aromatic heterocycles. The fraction of sp³-hybridized carbons (Fsp3) is 0.188. The van der Waals surface area contributed by atoms with Gasteiger partial charge in [0.2, 0.25) is 0 Å². The Labute approximate surface area is 131 Å². The molecule has 2 heterocycles. The summed E-state index contributed by atoms with van der Waals surface area (Å²) in [7, 11) is 0. The molecule has 23 heavy (non-hydrogen) atoms. The molecular formula is C16H15FN4O2. The van der Waals surface area contributed by atoms with Crippen molar-refractivity contribution in [1.29, 1.82) is 0 Å². The molecule has 1 N–H and O–H groups in total. The third-order valence-corrected chi connectivity index (χ3v) is 3.41. The van der Waals surface area contributed by atoms with Crippen LogP contribution in [0.2, 0.25) is 0 Å². The van der Waals surface area contributed by atoms with Crippen LogP contribution in [0.4, 0.5) is 4.39 Å². The number of aromatic nitrogens is 3. The van der Waals surface area contributed by atoms with Gasteiger partial charge in [0, 0.05) is 24.4 Å². The molecule has 6 nitrogen and oxygen atoms in total. The molecule has 0 unspecified atom stereocenters. The third kappa shape index (κ3) is 3.28. The molecule has 0 atom stereocenters. The Balaban J connectivity index is 1.68. The predicted octanol–water partition coefficient (Wildman–Crippen LogP) is 2.63. The number of nitrogens with zero attached hydrogens (tertiary/aromatic N) is 3. The van der Waals surface area contributed by atoms with Crippen LogP contribution in [-0.2, 0) is 13.1 Å². The summed E-state index contributed by atoms with van der Waals surface area (Å²) in [6.45, 7) is 3.06. The van der Waals surface area contributed by atoms with E-state index in [9.17, 15) is 9.18 Å². The molecule has 0 aliphatic rings. The van der Waals surface area contributed by atoms with Gasteiger partial charge in [-0.2, -0.15) is 5.10 Å². The van der Waals surface area contributed by atoms with Gasteiger partial charge in [-0.05, 0) is 37.3 Å². The van der Waals surface area contributed by atoms with Gasteiger partial charge < -0.3 is 9.84 Å². The quantitative estimate of drug-likeness (QED) is 0.785. The van der Waals surface area contributed by atoms with Crippen molar-refractivity contribution in [1.82, 2.24) is 20.3 Å². The molecule has 0 saturated carbocycles. The molecule has 118 valence electrons. The van der Waals surface area contributed by atoms with Crippen LogP contribution in [0.5, 0.6) is 0 Å². The second kappa shape index (κ2) is 6.43. The minimum atomic E-state index is -0.342. The number of halogens is 1. The summed E-state index contributed by atoms with van der Waals surface area (Å²) < 4.78 is 19.9. The van der Waals surface area contributed by atoms with Crippen LogP contribution in [0.15, 0.2) is 47.1 Å². The average molecular weight is 314 g/mol. The maximum absolute atomic E-state index is 12.9. The van der Waals surface area contributed by atoms with E-state index in [1.54, 1.807) is 23.0 Å². The van der Waals surface area contributed by atoms with Gasteiger partial charge in [0.15, 0.2) is 11.5 Å². The van der Waals surface area contributed by atoms with E-state index in [0.29, 0.717) is 17.9 Å². The zero-order chi connectivity index (χ0) is 16.2. The average Bonchev–Trinajstić information content (AvgIpc) is 3.22. The second-order valence-corrected chi connectivity index (χ2v) is 4.90. The highest BCUT2D eigenvalue weighted by atomic mass is 19.1. The summed E-state index contributed by atoms with van der Waals surface area (Å²) in [5, 5.41) is 10.7. The molecule has 1 aromatic carbocycles. The Morgan fingerprint density at radius 2 is 2.09 bits per heavy atom. The van der Waals surface area contributed by atoms with Gasteiger partial charge in [0.1, 0.15) is 5.82 Å². The number of carbonyl (C=O) groups is 1. The minimum Gasteiger partial charge on any atom is -0.355 e. The lowest BCUT2D eigenvalue weighted by atomic mass is 10.1. The number of nitrogens with one attached hydrogen (secondary N) is 1. The number of hydrogen-bond acceptors (Lipinski definition) is 4. The summed E-state index contributed by atoms with van der Waals surface area (Å²) in [6.07, 6.45) is 1.69. The Morgan fingerprint density at radius 1 is 1.30 bits per heavy atom. The molecule has 0 aliphatic carbocycles. The first-order valence-corrected chi connectivity index (χ1v) is 7.19. The zero-order valence-corrected chi connectivity index (χ0v) is 12.5. The SMILES string of the molecule is CCn1nccc1CNC(=O)c1cc(-c2ccc(F)cc2)on1. The first kappa shape index (κ1) is 15.0. The van der Waals surface area contributed by atoms with Gasteiger partial charge >= 0.3 is 0 Å². The van der Waals surface area contributed by atoms with Crippen molar-refractivity contribution in [2.24, 2.45) is 0 Å². The van der Waals surface area contributed by atoms with Gasteiger partial charge in [-0.3, -0.25) is 9.48 Å². The molecule has 3 rings (SSSR count). The van der Waals surface area contributed by atoms with Crippen molar-refractivity contribution < 1.29 is 13.7 Å². The molecule has 7 heteroatoms. The van der Waals surface area contributed by atoms with Crippen molar-refractivity contribution >= 4 is 5.91 Å². The number of amides is 1. The Hall–Kier alpha value is -2.96. The van der Waals surface area contributed by atoms with E-state index < -0.39 is 0 Å². The number of carbonyl (C=O) groups excluding carboxylic acids is 1. The molecule has 0 aliphatic heterocycles. The Morgan fingerprint density at radius 3 is 2.83 bits per heavy atom. The smallest absolute Gasteiger partial charge is 0.273 e. The van der Waals surface area contributed by atoms with Crippen molar-refractivity contribution in [3.8, 4) is 11.3 Å². The van der Waals surface area contributed by atoms with Crippen LogP contribution in [0.3, 0.4) is 0 Å². The predicted molar refractivity (Wildman–Crippen MR) is 81.0 cm³/mol. The second-order valence-electron chi connectivity index (χ2n) is 4.90. The van der Waals surface area contributed by atoms with E-state index in [0.717, 1.165) is 12.2 Å². The lowest BCUT2D eigenvalue weighted by molar-refractivity contribution is 0.0941. The topological polar surface area (TPSA) is 73.0 Å². The monoisotopic (exact) mass is 314 g/mol. The maximum atomic E-state index is 12.9. The molecule has 0 radical (unpaired) electrons. The largest absolute Gasteiger partial charge is 0.355 e. The summed E-state index contributed by atoms with van der Waals surface area (Å²) in [6, 6.07) is 9.15. The van der Waals surface area contributed by atoms with Crippen LogP contribution in [0.25, 0.3) is 11.3 Å². The van der Waals surface area contributed by atoms with E-state index in [4.69, 9.17) is 4.52 Å². The molecule has 0 saturated heterocycles. The standard InChI is InChI=1S/C16H15FN4O2/c1-2-21-13(7-8-19-21)10-18-16(22)14-9-15(23-20-14)11-3-5-12(17)6-4-11/h3-9H,2,10H2,1H3,(H,18,22). The van der Waals surface area contributed by atoms with Crippen LogP contribution >= 0.6 is 0 Å². The first-order valence-electron chi connectivity index (χ1n) is 7.19. The molecule has 0 bridgehead atoms. The fourth-order valence-electron chi connectivity index (χ4n) is 2.19. The number of benzene rings is 1. The number of hydrogen-bond donors (Lipinski definition) is 1. The zero-order valence-electron chi connectivity index (χ0n) is 12.5. The van der Waals surface area contributed by atoms with E-state index in [-0.39, 0.29) is 17.4 Å². The van der Waals surface area contributed by atoms with Gasteiger partial charge in [-0.15, -0.1) is 0 Å². The van der Waals surface area contributed by atoms with Crippen molar-refractivity contribution in [3.63, 3.8) is 0 Å². The third-order valence-electron chi connectivity index (χ3n) is 3.41. The molecule has 1 amide bonds. The molecule has 0 fully saturated rings. The molecule has 3 aromatic rings. The molecule has 0 spiro atoms. The number of rotatable bonds is 5. The highest BCUT2D eigenvalue weighted by molar-refractivity contribution is 5.93. The normalized spacial score (nSPS) is 10.7. The lowest BCUT2D eigenvalue weighted by Crippen LogP contribution is -2.24. The van der Waals surface area contributed by atoms with Gasteiger partial charge in [-0.1, -0.05) is 5.16 Å². The highest BCUT2D eigenvalue weighted by Crippen LogP contribution is 2.20. The maximum Gasteiger partial charge on any atom is 0.273 e. The van der Waals surface area contributed by atoms with Crippen LogP contribution in [0.1, 0.15) is 23.1 Å². The van der Waals surface area contributed by atoms with E-state index >= 15 is 0 Å².